The molecular formula is C22H20N6O2. The van der Waals surface area contributed by atoms with E-state index in [0.29, 0.717) is 29.5 Å². The molecule has 1 amide bonds. The van der Waals surface area contributed by atoms with E-state index in [9.17, 15) is 4.79 Å². The van der Waals surface area contributed by atoms with Gasteiger partial charge in [0.2, 0.25) is 0 Å². The maximum Gasteiger partial charge on any atom is 0.316 e. The maximum atomic E-state index is 12.0. The molecule has 150 valence electrons. The van der Waals surface area contributed by atoms with Crippen LogP contribution < -0.4 is 5.32 Å². The predicted octanol–water partition coefficient (Wildman–Crippen LogP) is 3.51. The van der Waals surface area contributed by atoms with Crippen molar-refractivity contribution in [3.05, 3.63) is 78.1 Å². The van der Waals surface area contributed by atoms with Crippen molar-refractivity contribution in [1.29, 1.82) is 0 Å². The number of carbonyl (C=O) groups is 1. The standard InChI is InChI=1S/C22H20N6O2/c1-28(2)21(29)17-10-8-16(9-11-17)18-13-23-14-19(25-18)20-26-27-22(30-20)24-12-15-6-4-3-5-7-15/h3-11,13-14H,12H2,1-2H3,(H,24,27). The van der Waals surface area contributed by atoms with Gasteiger partial charge in [0.1, 0.15) is 5.69 Å². The third-order valence-corrected chi connectivity index (χ3v) is 4.40. The molecule has 4 aromatic rings. The molecule has 0 saturated carbocycles. The van der Waals surface area contributed by atoms with Gasteiger partial charge in [-0.1, -0.05) is 47.6 Å². The Morgan fingerprint density at radius 2 is 1.70 bits per heavy atom. The predicted molar refractivity (Wildman–Crippen MR) is 113 cm³/mol. The topological polar surface area (TPSA) is 97.0 Å². The van der Waals surface area contributed by atoms with Crippen molar-refractivity contribution < 1.29 is 9.21 Å². The zero-order chi connectivity index (χ0) is 20.9. The molecule has 2 aromatic carbocycles. The van der Waals surface area contributed by atoms with Crippen LogP contribution in [0.4, 0.5) is 6.01 Å². The first-order chi connectivity index (χ1) is 14.6. The SMILES string of the molecule is CN(C)C(=O)c1ccc(-c2cncc(-c3nnc(NCc4ccccc4)o3)n2)cc1. The Morgan fingerprint density at radius 3 is 2.43 bits per heavy atom. The fourth-order valence-corrected chi connectivity index (χ4v) is 2.82. The third kappa shape index (κ3) is 4.33. The van der Waals surface area contributed by atoms with Crippen LogP contribution in [0.3, 0.4) is 0 Å². The second kappa shape index (κ2) is 8.52. The molecule has 8 nitrogen and oxygen atoms in total. The minimum absolute atomic E-state index is 0.0530. The summed E-state index contributed by atoms with van der Waals surface area (Å²) in [7, 11) is 3.44. The fraction of sp³-hybridized carbons (Fsp3) is 0.136. The lowest BCUT2D eigenvalue weighted by Gasteiger charge is -2.10. The summed E-state index contributed by atoms with van der Waals surface area (Å²) in [6, 6.07) is 17.5. The smallest absolute Gasteiger partial charge is 0.316 e. The lowest BCUT2D eigenvalue weighted by atomic mass is 10.1. The summed E-state index contributed by atoms with van der Waals surface area (Å²) in [5, 5.41) is 11.2. The minimum Gasteiger partial charge on any atom is -0.402 e. The highest BCUT2D eigenvalue weighted by atomic mass is 16.4. The first-order valence-corrected chi connectivity index (χ1v) is 9.36. The number of aromatic nitrogens is 4. The molecule has 0 bridgehead atoms. The lowest BCUT2D eigenvalue weighted by Crippen LogP contribution is -2.21. The van der Waals surface area contributed by atoms with Crippen LogP contribution in [0, 0.1) is 0 Å². The number of nitrogens with zero attached hydrogens (tertiary/aromatic N) is 5. The van der Waals surface area contributed by atoms with Gasteiger partial charge < -0.3 is 14.6 Å². The Kier molecular flexibility index (Phi) is 5.47. The molecule has 0 fully saturated rings. The highest BCUT2D eigenvalue weighted by molar-refractivity contribution is 5.94. The van der Waals surface area contributed by atoms with Crippen molar-refractivity contribution in [2.75, 3.05) is 19.4 Å². The molecule has 0 atom stereocenters. The number of rotatable bonds is 6. The van der Waals surface area contributed by atoms with E-state index in [1.54, 1.807) is 38.6 Å². The van der Waals surface area contributed by atoms with Gasteiger partial charge in [-0.15, -0.1) is 5.10 Å². The Morgan fingerprint density at radius 1 is 0.967 bits per heavy atom. The molecule has 1 N–H and O–H groups in total. The van der Waals surface area contributed by atoms with Crippen molar-refractivity contribution in [3.63, 3.8) is 0 Å². The molecule has 4 rings (SSSR count). The van der Waals surface area contributed by atoms with E-state index in [1.807, 2.05) is 42.5 Å². The minimum atomic E-state index is -0.0530. The van der Waals surface area contributed by atoms with Crippen molar-refractivity contribution in [2.45, 2.75) is 6.54 Å². The first kappa shape index (κ1) is 19.3. The van der Waals surface area contributed by atoms with Gasteiger partial charge in [0.05, 0.1) is 18.1 Å². The molecule has 0 aliphatic rings. The van der Waals surface area contributed by atoms with Gasteiger partial charge in [-0.2, -0.15) is 0 Å². The van der Waals surface area contributed by atoms with Gasteiger partial charge in [-0.3, -0.25) is 9.78 Å². The highest BCUT2D eigenvalue weighted by Gasteiger charge is 2.13. The van der Waals surface area contributed by atoms with Crippen LogP contribution in [-0.4, -0.2) is 45.1 Å². The zero-order valence-electron chi connectivity index (χ0n) is 16.6. The monoisotopic (exact) mass is 400 g/mol. The second-order valence-corrected chi connectivity index (χ2v) is 6.82. The maximum absolute atomic E-state index is 12.0. The number of nitrogens with one attached hydrogen (secondary N) is 1. The van der Waals surface area contributed by atoms with Gasteiger partial charge in [0, 0.05) is 31.8 Å². The normalized spacial score (nSPS) is 10.6. The summed E-state index contributed by atoms with van der Waals surface area (Å²) in [6.45, 7) is 0.576. The van der Waals surface area contributed by atoms with Crippen LogP contribution in [0.1, 0.15) is 15.9 Å². The van der Waals surface area contributed by atoms with Gasteiger partial charge in [-0.25, -0.2) is 4.98 Å². The van der Waals surface area contributed by atoms with E-state index in [2.05, 4.69) is 25.5 Å². The molecule has 2 aromatic heterocycles. The van der Waals surface area contributed by atoms with E-state index in [1.165, 1.54) is 4.90 Å². The van der Waals surface area contributed by atoms with E-state index < -0.39 is 0 Å². The highest BCUT2D eigenvalue weighted by Crippen LogP contribution is 2.22. The van der Waals surface area contributed by atoms with Gasteiger partial charge in [0.15, 0.2) is 0 Å². The second-order valence-electron chi connectivity index (χ2n) is 6.82. The van der Waals surface area contributed by atoms with Crippen LogP contribution in [-0.2, 0) is 6.54 Å². The van der Waals surface area contributed by atoms with Crippen molar-refractivity contribution in [3.8, 4) is 22.8 Å². The largest absolute Gasteiger partial charge is 0.402 e. The summed E-state index contributed by atoms with van der Waals surface area (Å²) in [4.78, 5) is 22.4. The number of benzene rings is 2. The number of hydrogen-bond acceptors (Lipinski definition) is 7. The Hall–Kier alpha value is -4.07. The molecule has 0 aliphatic carbocycles. The molecule has 0 saturated heterocycles. The van der Waals surface area contributed by atoms with Gasteiger partial charge in [0.25, 0.3) is 11.8 Å². The Balaban J connectivity index is 1.50. The van der Waals surface area contributed by atoms with Gasteiger partial charge in [-0.05, 0) is 17.7 Å². The summed E-state index contributed by atoms with van der Waals surface area (Å²) in [5.74, 6) is 0.224. The first-order valence-electron chi connectivity index (χ1n) is 9.36. The summed E-state index contributed by atoms with van der Waals surface area (Å²) < 4.78 is 5.67. The van der Waals surface area contributed by atoms with Gasteiger partial charge >= 0.3 is 6.01 Å². The zero-order valence-corrected chi connectivity index (χ0v) is 16.6. The van der Waals surface area contributed by atoms with Crippen LogP contribution >= 0.6 is 0 Å². The van der Waals surface area contributed by atoms with E-state index in [0.717, 1.165) is 11.1 Å². The quantitative estimate of drug-likeness (QED) is 0.529. The summed E-state index contributed by atoms with van der Waals surface area (Å²) >= 11 is 0. The lowest BCUT2D eigenvalue weighted by molar-refractivity contribution is 0.0827. The van der Waals surface area contributed by atoms with Crippen LogP contribution in [0.5, 0.6) is 0 Å². The van der Waals surface area contributed by atoms with Crippen molar-refractivity contribution in [1.82, 2.24) is 25.1 Å². The van der Waals surface area contributed by atoms with Crippen LogP contribution in [0.2, 0.25) is 0 Å². The molecule has 0 unspecified atom stereocenters. The number of hydrogen-bond donors (Lipinski definition) is 1. The molecule has 8 heteroatoms. The fourth-order valence-electron chi connectivity index (χ4n) is 2.82. The molecule has 30 heavy (non-hydrogen) atoms. The number of amides is 1. The van der Waals surface area contributed by atoms with Crippen molar-refractivity contribution >= 4 is 11.9 Å². The van der Waals surface area contributed by atoms with E-state index >= 15 is 0 Å². The average molecular weight is 400 g/mol. The van der Waals surface area contributed by atoms with E-state index in [-0.39, 0.29) is 11.8 Å². The molecule has 0 spiro atoms. The Labute approximate surface area is 173 Å². The number of carbonyl (C=O) groups excluding carboxylic acids is 1. The molecular weight excluding hydrogens is 380 g/mol. The average Bonchev–Trinajstić information content (AvgIpc) is 3.27. The molecule has 0 aliphatic heterocycles. The van der Waals surface area contributed by atoms with E-state index in [4.69, 9.17) is 4.42 Å². The summed E-state index contributed by atoms with van der Waals surface area (Å²) in [6.07, 6.45) is 3.22. The third-order valence-electron chi connectivity index (χ3n) is 4.40. The molecule has 2 heterocycles. The van der Waals surface area contributed by atoms with Crippen molar-refractivity contribution in [2.24, 2.45) is 0 Å². The Bertz CT molecular complexity index is 1140. The summed E-state index contributed by atoms with van der Waals surface area (Å²) in [5.41, 5.74) is 3.67. The van der Waals surface area contributed by atoms with Crippen LogP contribution in [0.15, 0.2) is 71.4 Å². The molecule has 0 radical (unpaired) electrons. The number of anilines is 1. The van der Waals surface area contributed by atoms with Crippen LogP contribution in [0.25, 0.3) is 22.8 Å².